The van der Waals surface area contributed by atoms with Crippen molar-refractivity contribution in [3.8, 4) is 5.75 Å². The number of carboxylic acid groups (broad SMARTS) is 1. The van der Waals surface area contributed by atoms with Gasteiger partial charge < -0.3 is 9.84 Å². The number of ether oxygens (including phenoxy) is 1. The maximum absolute atomic E-state index is 11.6. The Labute approximate surface area is 126 Å². The number of benzene rings is 1. The predicted octanol–water partition coefficient (Wildman–Crippen LogP) is 4.43. The maximum atomic E-state index is 11.6. The highest BCUT2D eigenvalue weighted by atomic mass is 16.5. The van der Waals surface area contributed by atoms with E-state index in [-0.39, 0.29) is 11.5 Å². The van der Waals surface area contributed by atoms with Gasteiger partial charge in [-0.3, -0.25) is 4.79 Å². The Morgan fingerprint density at radius 2 is 1.52 bits per heavy atom. The van der Waals surface area contributed by atoms with Crippen molar-refractivity contribution in [2.75, 3.05) is 0 Å². The van der Waals surface area contributed by atoms with Crippen molar-refractivity contribution in [3.05, 3.63) is 29.8 Å². The zero-order valence-corrected chi connectivity index (χ0v) is 12.6. The zero-order chi connectivity index (χ0) is 15.5. The fourth-order valence-electron chi connectivity index (χ4n) is 2.07. The molecule has 0 bridgehead atoms. The highest BCUT2D eigenvalue weighted by Gasteiger charge is 2.06. The molecule has 0 saturated carbocycles. The van der Waals surface area contributed by atoms with Crippen molar-refractivity contribution >= 4 is 11.9 Å². The minimum Gasteiger partial charge on any atom is -0.478 e. The van der Waals surface area contributed by atoms with Crippen molar-refractivity contribution in [2.24, 2.45) is 0 Å². The number of hydrogen-bond acceptors (Lipinski definition) is 3. The van der Waals surface area contributed by atoms with E-state index in [9.17, 15) is 9.59 Å². The van der Waals surface area contributed by atoms with Crippen molar-refractivity contribution < 1.29 is 19.4 Å². The first kappa shape index (κ1) is 17.2. The van der Waals surface area contributed by atoms with E-state index in [0.717, 1.165) is 12.8 Å². The van der Waals surface area contributed by atoms with Crippen molar-refractivity contribution in [3.63, 3.8) is 0 Å². The monoisotopic (exact) mass is 292 g/mol. The van der Waals surface area contributed by atoms with E-state index in [1.54, 1.807) is 0 Å². The van der Waals surface area contributed by atoms with E-state index < -0.39 is 5.97 Å². The number of aromatic carboxylic acids is 1. The van der Waals surface area contributed by atoms with Gasteiger partial charge in [-0.25, -0.2) is 4.79 Å². The van der Waals surface area contributed by atoms with Crippen molar-refractivity contribution in [2.45, 2.75) is 58.3 Å². The molecule has 0 fully saturated rings. The summed E-state index contributed by atoms with van der Waals surface area (Å²) in [5, 5.41) is 8.77. The summed E-state index contributed by atoms with van der Waals surface area (Å²) in [6.45, 7) is 2.19. The number of carbonyl (C=O) groups excluding carboxylic acids is 1. The number of carboxylic acids is 1. The SMILES string of the molecule is CCCCCCCCCC(=O)Oc1ccc(C(=O)O)cc1. The quantitative estimate of drug-likeness (QED) is 0.393. The van der Waals surface area contributed by atoms with Gasteiger partial charge in [0.05, 0.1) is 5.56 Å². The lowest BCUT2D eigenvalue weighted by molar-refractivity contribution is -0.134. The molecule has 0 radical (unpaired) electrons. The first-order valence-corrected chi connectivity index (χ1v) is 7.67. The second-order valence-corrected chi connectivity index (χ2v) is 5.17. The van der Waals surface area contributed by atoms with Crippen LogP contribution in [0, 0.1) is 0 Å². The summed E-state index contributed by atoms with van der Waals surface area (Å²) in [5.74, 6) is -0.851. The smallest absolute Gasteiger partial charge is 0.335 e. The van der Waals surface area contributed by atoms with Gasteiger partial charge in [0, 0.05) is 6.42 Å². The lowest BCUT2D eigenvalue weighted by Gasteiger charge is -2.05. The first-order valence-electron chi connectivity index (χ1n) is 7.67. The largest absolute Gasteiger partial charge is 0.478 e. The van der Waals surface area contributed by atoms with Crippen molar-refractivity contribution in [1.82, 2.24) is 0 Å². The van der Waals surface area contributed by atoms with E-state index in [2.05, 4.69) is 6.92 Å². The Balaban J connectivity index is 2.17. The minimum atomic E-state index is -0.990. The lowest BCUT2D eigenvalue weighted by atomic mass is 10.1. The van der Waals surface area contributed by atoms with Gasteiger partial charge in [-0.2, -0.15) is 0 Å². The van der Waals surface area contributed by atoms with Crippen LogP contribution in [-0.4, -0.2) is 17.0 Å². The molecule has 0 amide bonds. The summed E-state index contributed by atoms with van der Waals surface area (Å²) in [4.78, 5) is 22.3. The molecule has 0 saturated heterocycles. The maximum Gasteiger partial charge on any atom is 0.335 e. The molecule has 0 atom stereocenters. The number of esters is 1. The summed E-state index contributed by atoms with van der Waals surface area (Å²) >= 11 is 0. The molecule has 0 aliphatic rings. The van der Waals surface area contributed by atoms with Crippen LogP contribution in [0.15, 0.2) is 24.3 Å². The molecule has 0 unspecified atom stereocenters. The van der Waals surface area contributed by atoms with E-state index in [1.807, 2.05) is 0 Å². The van der Waals surface area contributed by atoms with Crippen LogP contribution in [0.3, 0.4) is 0 Å². The van der Waals surface area contributed by atoms with Crippen molar-refractivity contribution in [1.29, 1.82) is 0 Å². The molecular weight excluding hydrogens is 268 g/mol. The summed E-state index contributed by atoms with van der Waals surface area (Å²) < 4.78 is 5.16. The van der Waals surface area contributed by atoms with Gasteiger partial charge in [0.1, 0.15) is 5.75 Å². The molecule has 1 aromatic rings. The molecule has 0 aromatic heterocycles. The standard InChI is InChI=1S/C17H24O4/c1-2-3-4-5-6-7-8-9-16(18)21-15-12-10-14(11-13-15)17(19)20/h10-13H,2-9H2,1H3,(H,19,20). The molecule has 0 aliphatic heterocycles. The van der Waals surface area contributed by atoms with Crippen LogP contribution >= 0.6 is 0 Å². The Morgan fingerprint density at radius 1 is 0.952 bits per heavy atom. The molecule has 0 heterocycles. The lowest BCUT2D eigenvalue weighted by Crippen LogP contribution is -2.07. The summed E-state index contributed by atoms with van der Waals surface area (Å²) in [6.07, 6.45) is 8.52. The fourth-order valence-corrected chi connectivity index (χ4v) is 2.07. The molecule has 1 aromatic carbocycles. The first-order chi connectivity index (χ1) is 10.1. The van der Waals surface area contributed by atoms with Gasteiger partial charge in [0.15, 0.2) is 0 Å². The van der Waals surface area contributed by atoms with E-state index in [4.69, 9.17) is 9.84 Å². The van der Waals surface area contributed by atoms with Gasteiger partial charge in [-0.05, 0) is 30.7 Å². The van der Waals surface area contributed by atoms with Crippen LogP contribution in [0.2, 0.25) is 0 Å². The molecule has 116 valence electrons. The number of hydrogen-bond donors (Lipinski definition) is 1. The van der Waals surface area contributed by atoms with E-state index in [0.29, 0.717) is 12.2 Å². The van der Waals surface area contributed by atoms with E-state index in [1.165, 1.54) is 56.4 Å². The molecule has 1 rings (SSSR count). The molecule has 0 spiro atoms. The van der Waals surface area contributed by atoms with Crippen LogP contribution in [0.1, 0.15) is 68.6 Å². The van der Waals surface area contributed by atoms with Gasteiger partial charge in [-0.15, -0.1) is 0 Å². The van der Waals surface area contributed by atoms with Crippen LogP contribution < -0.4 is 4.74 Å². The average Bonchev–Trinajstić information content (AvgIpc) is 2.47. The normalized spacial score (nSPS) is 10.3. The Morgan fingerprint density at radius 3 is 2.10 bits per heavy atom. The summed E-state index contributed by atoms with van der Waals surface area (Å²) in [5.41, 5.74) is 0.182. The van der Waals surface area contributed by atoms with Crippen LogP contribution in [-0.2, 0) is 4.79 Å². The number of unbranched alkanes of at least 4 members (excludes halogenated alkanes) is 6. The molecule has 4 heteroatoms. The highest BCUT2D eigenvalue weighted by molar-refractivity contribution is 5.87. The third-order valence-corrected chi connectivity index (χ3v) is 3.32. The van der Waals surface area contributed by atoms with Crippen LogP contribution in [0.4, 0.5) is 0 Å². The highest BCUT2D eigenvalue weighted by Crippen LogP contribution is 2.14. The molecule has 0 aliphatic carbocycles. The fraction of sp³-hybridized carbons (Fsp3) is 0.529. The third-order valence-electron chi connectivity index (χ3n) is 3.32. The van der Waals surface area contributed by atoms with Gasteiger partial charge in [0.2, 0.25) is 0 Å². The minimum absolute atomic E-state index is 0.182. The second kappa shape index (κ2) is 9.97. The Hall–Kier alpha value is -1.84. The topological polar surface area (TPSA) is 63.6 Å². The molecule has 1 N–H and O–H groups in total. The van der Waals surface area contributed by atoms with E-state index >= 15 is 0 Å². The van der Waals surface area contributed by atoms with Gasteiger partial charge >= 0.3 is 11.9 Å². The van der Waals surface area contributed by atoms with Gasteiger partial charge in [0.25, 0.3) is 0 Å². The Kier molecular flexibility index (Phi) is 8.17. The zero-order valence-electron chi connectivity index (χ0n) is 12.6. The molecule has 21 heavy (non-hydrogen) atoms. The van der Waals surface area contributed by atoms with Crippen LogP contribution in [0.25, 0.3) is 0 Å². The average molecular weight is 292 g/mol. The third kappa shape index (κ3) is 7.49. The summed E-state index contributed by atoms with van der Waals surface area (Å²) in [7, 11) is 0. The summed E-state index contributed by atoms with van der Waals surface area (Å²) in [6, 6.07) is 5.87. The van der Waals surface area contributed by atoms with Gasteiger partial charge in [-0.1, -0.05) is 45.4 Å². The van der Waals surface area contributed by atoms with Crippen LogP contribution in [0.5, 0.6) is 5.75 Å². The molecular formula is C17H24O4. The number of carbonyl (C=O) groups is 2. The molecule has 4 nitrogen and oxygen atoms in total. The predicted molar refractivity (Wildman–Crippen MR) is 81.6 cm³/mol. The second-order valence-electron chi connectivity index (χ2n) is 5.17. The Bertz CT molecular complexity index is 437. The number of rotatable bonds is 10.